The average molecular weight is 369 g/mol. The number of piperidine rings is 1. The van der Waals surface area contributed by atoms with Gasteiger partial charge in [-0.3, -0.25) is 9.48 Å². The van der Waals surface area contributed by atoms with Gasteiger partial charge in [0.2, 0.25) is 0 Å². The third kappa shape index (κ3) is 4.56. The molecule has 0 radical (unpaired) electrons. The van der Waals surface area contributed by atoms with Crippen LogP contribution in [0.25, 0.3) is 0 Å². The fraction of sp³-hybridized carbons (Fsp3) is 0.476. The minimum absolute atomic E-state index is 0.123. The second kappa shape index (κ2) is 8.37. The van der Waals surface area contributed by atoms with Crippen molar-refractivity contribution in [1.82, 2.24) is 14.7 Å². The van der Waals surface area contributed by atoms with Gasteiger partial charge in [-0.1, -0.05) is 37.3 Å². The predicted octanol–water partition coefficient (Wildman–Crippen LogP) is 2.96. The highest BCUT2D eigenvalue weighted by molar-refractivity contribution is 5.93. The average Bonchev–Trinajstić information content (AvgIpc) is 2.93. The monoisotopic (exact) mass is 369 g/mol. The Morgan fingerprint density at radius 3 is 2.67 bits per heavy atom. The highest BCUT2D eigenvalue weighted by Crippen LogP contribution is 2.18. The number of amides is 1. The summed E-state index contributed by atoms with van der Waals surface area (Å²) >= 11 is 0. The Bertz CT molecular complexity index is 814. The highest BCUT2D eigenvalue weighted by Gasteiger charge is 2.24. The van der Waals surface area contributed by atoms with Gasteiger partial charge in [-0.25, -0.2) is 4.79 Å². The van der Waals surface area contributed by atoms with Crippen LogP contribution in [0.2, 0.25) is 0 Å². The van der Waals surface area contributed by atoms with Crippen molar-refractivity contribution in [2.24, 2.45) is 5.92 Å². The summed E-state index contributed by atoms with van der Waals surface area (Å²) in [5.41, 5.74) is 2.93. The Kier molecular flexibility index (Phi) is 5.94. The molecule has 6 nitrogen and oxygen atoms in total. The molecule has 1 aromatic heterocycles. The molecule has 1 aromatic carbocycles. The molecular weight excluding hydrogens is 342 g/mol. The molecule has 1 saturated heterocycles. The molecular formula is C21H27N3O3. The molecule has 0 unspecified atom stereocenters. The molecule has 0 aliphatic carbocycles. The lowest BCUT2D eigenvalue weighted by atomic mass is 10.0. The summed E-state index contributed by atoms with van der Waals surface area (Å²) in [6, 6.07) is 9.96. The summed E-state index contributed by atoms with van der Waals surface area (Å²) in [4.78, 5) is 26.7. The summed E-state index contributed by atoms with van der Waals surface area (Å²) in [6.45, 7) is 7.64. The third-order valence-electron chi connectivity index (χ3n) is 5.10. The van der Waals surface area contributed by atoms with Crippen LogP contribution in [0.5, 0.6) is 0 Å². The molecule has 6 heteroatoms. The van der Waals surface area contributed by atoms with Crippen molar-refractivity contribution in [2.45, 2.75) is 40.2 Å². The van der Waals surface area contributed by atoms with Crippen molar-refractivity contribution >= 4 is 11.9 Å². The number of rotatable bonds is 5. The zero-order valence-electron chi connectivity index (χ0n) is 16.3. The van der Waals surface area contributed by atoms with Gasteiger partial charge in [0, 0.05) is 13.1 Å². The number of hydrogen-bond acceptors (Lipinski definition) is 4. The fourth-order valence-electron chi connectivity index (χ4n) is 3.61. The molecule has 144 valence electrons. The van der Waals surface area contributed by atoms with E-state index < -0.39 is 5.97 Å². The van der Waals surface area contributed by atoms with E-state index in [1.807, 2.05) is 37.3 Å². The second-order valence-electron chi connectivity index (χ2n) is 7.35. The number of carbonyl (C=O) groups excluding carboxylic acids is 2. The molecule has 1 aliphatic rings. The van der Waals surface area contributed by atoms with Gasteiger partial charge in [0.1, 0.15) is 5.56 Å². The Morgan fingerprint density at radius 1 is 1.22 bits per heavy atom. The van der Waals surface area contributed by atoms with Crippen molar-refractivity contribution < 1.29 is 14.3 Å². The first kappa shape index (κ1) is 19.1. The van der Waals surface area contributed by atoms with Gasteiger partial charge < -0.3 is 9.64 Å². The number of likely N-dealkylation sites (tertiary alicyclic amines) is 1. The third-order valence-corrected chi connectivity index (χ3v) is 5.10. The number of hydrogen-bond donors (Lipinski definition) is 0. The number of aryl methyl sites for hydroxylation is 1. The fourth-order valence-corrected chi connectivity index (χ4v) is 3.61. The molecule has 1 atom stereocenters. The zero-order valence-corrected chi connectivity index (χ0v) is 16.3. The smallest absolute Gasteiger partial charge is 0.342 e. The highest BCUT2D eigenvalue weighted by atomic mass is 16.5. The standard InChI is InChI=1S/C21H27N3O3/c1-15-8-7-11-23(12-15)19(25)14-27-21(26)20-16(2)22-24(17(20)3)13-18-9-5-4-6-10-18/h4-6,9-10,15H,7-8,11-14H2,1-3H3/t15-/m0/s1. The SMILES string of the molecule is Cc1nn(Cc2ccccc2)c(C)c1C(=O)OCC(=O)N1CCC[C@H](C)C1. The van der Waals surface area contributed by atoms with Crippen molar-refractivity contribution in [2.75, 3.05) is 19.7 Å². The Labute approximate surface area is 160 Å². The van der Waals surface area contributed by atoms with Gasteiger partial charge >= 0.3 is 5.97 Å². The lowest BCUT2D eigenvalue weighted by Crippen LogP contribution is -2.41. The van der Waals surface area contributed by atoms with Gasteiger partial charge in [-0.05, 0) is 38.2 Å². The summed E-state index contributed by atoms with van der Waals surface area (Å²) < 4.78 is 7.12. The van der Waals surface area contributed by atoms with Crippen LogP contribution < -0.4 is 0 Å². The largest absolute Gasteiger partial charge is 0.452 e. The first-order chi connectivity index (χ1) is 13.0. The van der Waals surface area contributed by atoms with Crippen LogP contribution in [0.15, 0.2) is 30.3 Å². The first-order valence-corrected chi connectivity index (χ1v) is 9.48. The van der Waals surface area contributed by atoms with Gasteiger partial charge in [0.05, 0.1) is 17.9 Å². The lowest BCUT2D eigenvalue weighted by Gasteiger charge is -2.30. The van der Waals surface area contributed by atoms with Crippen LogP contribution in [0.4, 0.5) is 0 Å². The van der Waals surface area contributed by atoms with Crippen molar-refractivity contribution in [3.63, 3.8) is 0 Å². The Balaban J connectivity index is 1.63. The van der Waals surface area contributed by atoms with Crippen molar-refractivity contribution in [1.29, 1.82) is 0 Å². The summed E-state index contributed by atoms with van der Waals surface area (Å²) in [5, 5.41) is 4.47. The summed E-state index contributed by atoms with van der Waals surface area (Å²) in [7, 11) is 0. The number of carbonyl (C=O) groups is 2. The van der Waals surface area contributed by atoms with E-state index in [1.165, 1.54) is 0 Å². The number of benzene rings is 1. The van der Waals surface area contributed by atoms with Gasteiger partial charge in [-0.2, -0.15) is 5.10 Å². The topological polar surface area (TPSA) is 64.4 Å². The Hall–Kier alpha value is -2.63. The van der Waals surface area contributed by atoms with Crippen LogP contribution >= 0.6 is 0 Å². The van der Waals surface area contributed by atoms with E-state index in [-0.39, 0.29) is 12.5 Å². The second-order valence-corrected chi connectivity index (χ2v) is 7.35. The maximum absolute atomic E-state index is 12.6. The molecule has 2 heterocycles. The molecule has 2 aromatic rings. The van der Waals surface area contributed by atoms with Crippen molar-refractivity contribution in [3.05, 3.63) is 52.8 Å². The van der Waals surface area contributed by atoms with Crippen LogP contribution in [-0.2, 0) is 16.1 Å². The van der Waals surface area contributed by atoms with Crippen LogP contribution in [0.3, 0.4) is 0 Å². The predicted molar refractivity (Wildman–Crippen MR) is 103 cm³/mol. The van der Waals surface area contributed by atoms with Crippen molar-refractivity contribution in [3.8, 4) is 0 Å². The van der Waals surface area contributed by atoms with E-state index in [9.17, 15) is 9.59 Å². The van der Waals surface area contributed by atoms with E-state index in [4.69, 9.17) is 4.74 Å². The number of esters is 1. The minimum Gasteiger partial charge on any atom is -0.452 e. The number of aromatic nitrogens is 2. The van der Waals surface area contributed by atoms with E-state index >= 15 is 0 Å². The normalized spacial score (nSPS) is 17.0. The van der Waals surface area contributed by atoms with Gasteiger partial charge in [-0.15, -0.1) is 0 Å². The van der Waals surface area contributed by atoms with Gasteiger partial charge in [0.25, 0.3) is 5.91 Å². The first-order valence-electron chi connectivity index (χ1n) is 9.48. The number of nitrogens with zero attached hydrogens (tertiary/aromatic N) is 3. The maximum atomic E-state index is 12.6. The number of ether oxygens (including phenoxy) is 1. The zero-order chi connectivity index (χ0) is 19.4. The maximum Gasteiger partial charge on any atom is 0.342 e. The molecule has 0 spiro atoms. The summed E-state index contributed by atoms with van der Waals surface area (Å²) in [6.07, 6.45) is 2.15. The van der Waals surface area contributed by atoms with E-state index in [2.05, 4.69) is 12.0 Å². The Morgan fingerprint density at radius 2 is 1.96 bits per heavy atom. The van der Waals surface area contributed by atoms with E-state index in [0.29, 0.717) is 23.7 Å². The van der Waals surface area contributed by atoms with E-state index in [0.717, 1.165) is 37.2 Å². The molecule has 0 saturated carbocycles. The molecule has 1 aliphatic heterocycles. The van der Waals surface area contributed by atoms with Gasteiger partial charge in [0.15, 0.2) is 6.61 Å². The quantitative estimate of drug-likeness (QED) is 0.760. The molecule has 0 bridgehead atoms. The van der Waals surface area contributed by atoms with Crippen LogP contribution in [0, 0.1) is 19.8 Å². The molecule has 1 fully saturated rings. The summed E-state index contributed by atoms with van der Waals surface area (Å²) in [5.74, 6) is -0.108. The molecule has 1 amide bonds. The van der Waals surface area contributed by atoms with Crippen LogP contribution in [0.1, 0.15) is 47.1 Å². The van der Waals surface area contributed by atoms with Crippen LogP contribution in [-0.4, -0.2) is 46.3 Å². The van der Waals surface area contributed by atoms with E-state index in [1.54, 1.807) is 16.5 Å². The molecule has 0 N–H and O–H groups in total. The lowest BCUT2D eigenvalue weighted by molar-refractivity contribution is -0.136. The minimum atomic E-state index is -0.484. The molecule has 3 rings (SSSR count). The molecule has 27 heavy (non-hydrogen) atoms.